The molecule has 0 aliphatic rings. The zero-order chi connectivity index (χ0) is 19.1. The first-order valence-corrected chi connectivity index (χ1v) is 7.88. The lowest BCUT2D eigenvalue weighted by atomic mass is 10.2. The van der Waals surface area contributed by atoms with Crippen LogP contribution < -0.4 is 9.80 Å². The second-order valence-electron chi connectivity index (χ2n) is 5.61. The number of phenolic OH excluding ortho intramolecular Hbond substituents is 2. The minimum absolute atomic E-state index is 0.0684. The predicted octanol–water partition coefficient (Wildman–Crippen LogP) is 1.58. The van der Waals surface area contributed by atoms with Gasteiger partial charge in [-0.25, -0.2) is 0 Å². The van der Waals surface area contributed by atoms with Crippen molar-refractivity contribution in [2.45, 2.75) is 0 Å². The summed E-state index contributed by atoms with van der Waals surface area (Å²) in [6.07, 6.45) is 0. The Labute approximate surface area is 150 Å². The molecule has 2 rings (SSSR count). The fraction of sp³-hybridized carbons (Fsp3) is 0.222. The van der Waals surface area contributed by atoms with Gasteiger partial charge in [0.2, 0.25) is 0 Å². The van der Waals surface area contributed by atoms with Gasteiger partial charge in [0.25, 0.3) is 0 Å². The lowest BCUT2D eigenvalue weighted by molar-refractivity contribution is -0.136. The zero-order valence-electron chi connectivity index (χ0n) is 13.9. The Kier molecular flexibility index (Phi) is 6.26. The van der Waals surface area contributed by atoms with Crippen molar-refractivity contribution in [1.82, 2.24) is 0 Å². The van der Waals surface area contributed by atoms with E-state index in [-0.39, 0.29) is 37.7 Å². The lowest BCUT2D eigenvalue weighted by Crippen LogP contribution is -2.40. The fourth-order valence-corrected chi connectivity index (χ4v) is 2.60. The first-order valence-electron chi connectivity index (χ1n) is 7.88. The Morgan fingerprint density at radius 2 is 1.04 bits per heavy atom. The van der Waals surface area contributed by atoms with Crippen LogP contribution in [0.3, 0.4) is 0 Å². The van der Waals surface area contributed by atoms with Crippen LogP contribution in [-0.2, 0) is 9.59 Å². The highest BCUT2D eigenvalue weighted by Crippen LogP contribution is 2.28. The van der Waals surface area contributed by atoms with Gasteiger partial charge >= 0.3 is 11.9 Å². The molecule has 2 aromatic carbocycles. The van der Waals surface area contributed by atoms with Gasteiger partial charge in [-0.1, -0.05) is 24.3 Å². The lowest BCUT2D eigenvalue weighted by Gasteiger charge is -2.29. The summed E-state index contributed by atoms with van der Waals surface area (Å²) in [5.74, 6) is -2.30. The molecule has 2 aromatic rings. The molecule has 0 radical (unpaired) electrons. The molecule has 0 amide bonds. The van der Waals surface area contributed by atoms with Gasteiger partial charge in [0, 0.05) is 13.1 Å². The van der Waals surface area contributed by atoms with Crippen molar-refractivity contribution in [1.29, 1.82) is 0 Å². The van der Waals surface area contributed by atoms with Crippen LogP contribution in [0, 0.1) is 0 Å². The maximum absolute atomic E-state index is 11.2. The van der Waals surface area contributed by atoms with Crippen LogP contribution in [0.4, 0.5) is 11.4 Å². The summed E-state index contributed by atoms with van der Waals surface area (Å²) in [6, 6.07) is 12.6. The largest absolute Gasteiger partial charge is 0.506 e. The first-order chi connectivity index (χ1) is 12.4. The number of phenols is 2. The van der Waals surface area contributed by atoms with Crippen LogP contribution in [-0.4, -0.2) is 58.5 Å². The third kappa shape index (κ3) is 5.04. The van der Waals surface area contributed by atoms with Crippen molar-refractivity contribution in [3.8, 4) is 11.5 Å². The molecular formula is C18H20N2O6. The molecular weight excluding hydrogens is 340 g/mol. The van der Waals surface area contributed by atoms with Gasteiger partial charge in [0.1, 0.15) is 24.6 Å². The topological polar surface area (TPSA) is 122 Å². The molecule has 0 saturated heterocycles. The summed E-state index contributed by atoms with van der Waals surface area (Å²) in [6.45, 7) is -0.463. The molecule has 0 aliphatic carbocycles. The average Bonchev–Trinajstić information content (AvgIpc) is 2.58. The van der Waals surface area contributed by atoms with Crippen LogP contribution >= 0.6 is 0 Å². The van der Waals surface area contributed by atoms with Gasteiger partial charge in [-0.3, -0.25) is 9.59 Å². The number of hydrogen-bond donors (Lipinski definition) is 4. The average molecular weight is 360 g/mol. The van der Waals surface area contributed by atoms with Crippen LogP contribution in [0.5, 0.6) is 11.5 Å². The summed E-state index contributed by atoms with van der Waals surface area (Å²) in [7, 11) is 0. The Hall–Kier alpha value is -3.42. The Bertz CT molecular complexity index is 714. The van der Waals surface area contributed by atoms with E-state index in [0.29, 0.717) is 11.4 Å². The number of hydrogen-bond acceptors (Lipinski definition) is 6. The molecule has 4 N–H and O–H groups in total. The summed E-state index contributed by atoms with van der Waals surface area (Å²) in [5, 5.41) is 38.2. The normalized spacial score (nSPS) is 10.3. The number of benzene rings is 2. The van der Waals surface area contributed by atoms with Crippen molar-refractivity contribution in [3.63, 3.8) is 0 Å². The summed E-state index contributed by atoms with van der Waals surface area (Å²) in [4.78, 5) is 25.2. The van der Waals surface area contributed by atoms with E-state index < -0.39 is 11.9 Å². The molecule has 0 saturated carbocycles. The van der Waals surface area contributed by atoms with Gasteiger partial charge in [-0.2, -0.15) is 0 Å². The second kappa shape index (κ2) is 8.61. The first kappa shape index (κ1) is 18.9. The fourth-order valence-electron chi connectivity index (χ4n) is 2.60. The molecule has 0 aliphatic heterocycles. The second-order valence-corrected chi connectivity index (χ2v) is 5.61. The third-order valence-corrected chi connectivity index (χ3v) is 3.74. The molecule has 0 heterocycles. The smallest absolute Gasteiger partial charge is 0.323 e. The van der Waals surface area contributed by atoms with Gasteiger partial charge < -0.3 is 30.2 Å². The van der Waals surface area contributed by atoms with Crippen LogP contribution in [0.1, 0.15) is 0 Å². The number of carboxylic acid groups (broad SMARTS) is 2. The highest BCUT2D eigenvalue weighted by Gasteiger charge is 2.18. The highest BCUT2D eigenvalue weighted by atomic mass is 16.4. The van der Waals surface area contributed by atoms with Crippen molar-refractivity contribution in [2.24, 2.45) is 0 Å². The van der Waals surface area contributed by atoms with E-state index in [1.165, 1.54) is 21.9 Å². The van der Waals surface area contributed by atoms with E-state index in [9.17, 15) is 19.8 Å². The van der Waals surface area contributed by atoms with Gasteiger partial charge in [0.05, 0.1) is 11.4 Å². The van der Waals surface area contributed by atoms with E-state index in [1.54, 1.807) is 36.4 Å². The number of aliphatic carboxylic acids is 2. The summed E-state index contributed by atoms with van der Waals surface area (Å²) in [5.41, 5.74) is 0.671. The molecule has 26 heavy (non-hydrogen) atoms. The molecule has 0 unspecified atom stereocenters. The van der Waals surface area contributed by atoms with Crippen LogP contribution in [0.25, 0.3) is 0 Å². The molecule has 0 spiro atoms. The van der Waals surface area contributed by atoms with Gasteiger partial charge in [0.15, 0.2) is 0 Å². The molecule has 0 atom stereocenters. The van der Waals surface area contributed by atoms with Crippen molar-refractivity contribution in [2.75, 3.05) is 36.0 Å². The van der Waals surface area contributed by atoms with E-state index in [4.69, 9.17) is 10.2 Å². The molecule has 0 fully saturated rings. The molecule has 138 valence electrons. The maximum Gasteiger partial charge on any atom is 0.323 e. The number of anilines is 2. The van der Waals surface area contributed by atoms with E-state index in [1.807, 2.05) is 0 Å². The monoisotopic (exact) mass is 360 g/mol. The minimum atomic E-state index is -1.08. The summed E-state index contributed by atoms with van der Waals surface area (Å²) < 4.78 is 0. The third-order valence-electron chi connectivity index (χ3n) is 3.74. The summed E-state index contributed by atoms with van der Waals surface area (Å²) >= 11 is 0. The van der Waals surface area contributed by atoms with Crippen molar-refractivity contribution in [3.05, 3.63) is 48.5 Å². The maximum atomic E-state index is 11.2. The van der Waals surface area contributed by atoms with E-state index in [0.717, 1.165) is 0 Å². The van der Waals surface area contributed by atoms with Gasteiger partial charge in [-0.05, 0) is 24.3 Å². The Morgan fingerprint density at radius 3 is 1.35 bits per heavy atom. The zero-order valence-corrected chi connectivity index (χ0v) is 13.9. The van der Waals surface area contributed by atoms with E-state index in [2.05, 4.69) is 0 Å². The number of nitrogens with zero attached hydrogens (tertiary/aromatic N) is 2. The Balaban J connectivity index is 2.23. The standard InChI is InChI=1S/C18H20N2O6/c21-15-7-3-1-5-13(15)19(11-17(23)24)9-10-20(12-18(25)26)14-6-2-4-8-16(14)22/h1-8,21-22H,9-12H2,(H,23,24)(H,25,26). The van der Waals surface area contributed by atoms with Crippen molar-refractivity contribution >= 4 is 23.3 Å². The van der Waals surface area contributed by atoms with Crippen molar-refractivity contribution < 1.29 is 30.0 Å². The van der Waals surface area contributed by atoms with Gasteiger partial charge in [-0.15, -0.1) is 0 Å². The minimum Gasteiger partial charge on any atom is -0.506 e. The van der Waals surface area contributed by atoms with Crippen LogP contribution in [0.15, 0.2) is 48.5 Å². The molecule has 8 heteroatoms. The Morgan fingerprint density at radius 1 is 0.692 bits per heavy atom. The predicted molar refractivity (Wildman–Crippen MR) is 95.9 cm³/mol. The number of carbonyl (C=O) groups is 2. The van der Waals surface area contributed by atoms with E-state index >= 15 is 0 Å². The molecule has 0 bridgehead atoms. The SMILES string of the molecule is O=C(O)CN(CCN(CC(=O)O)c1ccccc1O)c1ccccc1O. The number of aromatic hydroxyl groups is 2. The quantitative estimate of drug-likeness (QED) is 0.532. The number of rotatable bonds is 9. The number of para-hydroxylation sites is 4. The van der Waals surface area contributed by atoms with Crippen LogP contribution in [0.2, 0.25) is 0 Å². The number of carboxylic acids is 2. The molecule has 8 nitrogen and oxygen atoms in total. The highest BCUT2D eigenvalue weighted by molar-refractivity contribution is 5.76. The molecule has 0 aromatic heterocycles.